The fourth-order valence-electron chi connectivity index (χ4n) is 3.10. The molecule has 3 heteroatoms. The first-order chi connectivity index (χ1) is 14.3. The molecule has 0 fully saturated rings. The van der Waals surface area contributed by atoms with Crippen LogP contribution in [0.5, 0.6) is 11.8 Å². The van der Waals surface area contributed by atoms with Gasteiger partial charge in [0.05, 0.1) is 0 Å². The van der Waals surface area contributed by atoms with Gasteiger partial charge in [-0.05, 0) is 29.7 Å². The average Bonchev–Trinajstić information content (AvgIpc) is 2.78. The summed E-state index contributed by atoms with van der Waals surface area (Å²) in [5.74, 6) is 1.12. The quantitative estimate of drug-likeness (QED) is 0.381. The van der Waals surface area contributed by atoms with Crippen molar-refractivity contribution in [2.75, 3.05) is 0 Å². The van der Waals surface area contributed by atoms with Crippen molar-refractivity contribution < 1.29 is 9.47 Å². The molecule has 4 aromatic rings. The highest BCUT2D eigenvalue weighted by Gasteiger charge is 2.11. The summed E-state index contributed by atoms with van der Waals surface area (Å²) in [7, 11) is 0. The lowest BCUT2D eigenvalue weighted by Gasteiger charge is -2.13. The molecule has 0 amide bonds. The van der Waals surface area contributed by atoms with Crippen LogP contribution in [-0.2, 0) is 13.2 Å². The number of pyridine rings is 1. The van der Waals surface area contributed by atoms with Crippen molar-refractivity contribution in [2.24, 2.45) is 0 Å². The molecular weight excluding hydrogens is 358 g/mol. The maximum Gasteiger partial charge on any atom is 0.225 e. The molecular formula is C26H23NO2. The maximum absolute atomic E-state index is 6.12. The van der Waals surface area contributed by atoms with Gasteiger partial charge < -0.3 is 9.47 Å². The van der Waals surface area contributed by atoms with E-state index in [4.69, 9.17) is 9.47 Å². The van der Waals surface area contributed by atoms with Crippen LogP contribution in [0.3, 0.4) is 0 Å². The highest BCUT2D eigenvalue weighted by Crippen LogP contribution is 2.31. The second kappa shape index (κ2) is 9.07. The van der Waals surface area contributed by atoms with Crippen LogP contribution in [0.4, 0.5) is 0 Å². The summed E-state index contributed by atoms with van der Waals surface area (Å²) in [6.45, 7) is 3.00. The molecule has 1 aromatic heterocycles. The minimum Gasteiger partial charge on any atom is -0.473 e. The van der Waals surface area contributed by atoms with Crippen LogP contribution < -0.4 is 9.47 Å². The maximum atomic E-state index is 6.12. The van der Waals surface area contributed by atoms with Crippen LogP contribution in [0.15, 0.2) is 97.1 Å². The number of aromatic nitrogens is 1. The van der Waals surface area contributed by atoms with Gasteiger partial charge in [-0.3, -0.25) is 0 Å². The third kappa shape index (κ3) is 5.02. The molecule has 0 radical (unpaired) electrons. The van der Waals surface area contributed by atoms with Crippen molar-refractivity contribution in [3.63, 3.8) is 0 Å². The van der Waals surface area contributed by atoms with Crippen molar-refractivity contribution in [2.45, 2.75) is 20.1 Å². The first-order valence-corrected chi connectivity index (χ1v) is 9.69. The molecule has 3 aromatic carbocycles. The minimum atomic E-state index is 0.453. The summed E-state index contributed by atoms with van der Waals surface area (Å²) < 4.78 is 12.0. The lowest BCUT2D eigenvalue weighted by molar-refractivity contribution is 0.268. The number of nitrogens with zero attached hydrogens (tertiary/aromatic N) is 1. The Morgan fingerprint density at radius 3 is 1.97 bits per heavy atom. The summed E-state index contributed by atoms with van der Waals surface area (Å²) in [4.78, 5) is 4.66. The molecule has 0 spiro atoms. The van der Waals surface area contributed by atoms with Gasteiger partial charge in [0, 0.05) is 11.6 Å². The number of ether oxygens (including phenoxy) is 2. The Balaban J connectivity index is 1.59. The lowest BCUT2D eigenvalue weighted by Crippen LogP contribution is -2.02. The van der Waals surface area contributed by atoms with E-state index in [2.05, 4.69) is 30.1 Å². The van der Waals surface area contributed by atoms with Gasteiger partial charge in [-0.2, -0.15) is 4.98 Å². The zero-order valence-corrected chi connectivity index (χ0v) is 16.4. The Kier molecular flexibility index (Phi) is 5.87. The number of aryl methyl sites for hydroxylation is 1. The Hall–Kier alpha value is -3.59. The normalized spacial score (nSPS) is 10.5. The van der Waals surface area contributed by atoms with Gasteiger partial charge in [0.15, 0.2) is 0 Å². The molecule has 0 atom stereocenters. The highest BCUT2D eigenvalue weighted by atomic mass is 16.5. The summed E-state index contributed by atoms with van der Waals surface area (Å²) in [6.07, 6.45) is 0. The highest BCUT2D eigenvalue weighted by molar-refractivity contribution is 5.69. The Morgan fingerprint density at radius 1 is 0.655 bits per heavy atom. The van der Waals surface area contributed by atoms with Crippen molar-refractivity contribution in [3.8, 4) is 22.9 Å². The number of benzene rings is 3. The molecule has 4 rings (SSSR count). The van der Waals surface area contributed by atoms with E-state index in [1.807, 2.05) is 78.9 Å². The smallest absolute Gasteiger partial charge is 0.225 e. The van der Waals surface area contributed by atoms with E-state index in [1.165, 1.54) is 5.56 Å². The standard InChI is InChI=1S/C26H23NO2/c1-20-9-8-14-23(17-20)24-15-16-25(28-18-21-10-4-2-5-11-21)27-26(24)29-19-22-12-6-3-7-13-22/h2-17H,18-19H2,1H3. The van der Waals surface area contributed by atoms with Gasteiger partial charge in [-0.1, -0.05) is 90.5 Å². The van der Waals surface area contributed by atoms with Crippen molar-refractivity contribution in [1.29, 1.82) is 0 Å². The van der Waals surface area contributed by atoms with E-state index in [1.54, 1.807) is 0 Å². The largest absolute Gasteiger partial charge is 0.473 e. The molecule has 1 heterocycles. The van der Waals surface area contributed by atoms with Gasteiger partial charge in [0.2, 0.25) is 11.8 Å². The first-order valence-electron chi connectivity index (χ1n) is 9.69. The summed E-state index contributed by atoms with van der Waals surface area (Å²) >= 11 is 0. The molecule has 0 bridgehead atoms. The molecule has 0 N–H and O–H groups in total. The van der Waals surface area contributed by atoms with Crippen LogP contribution >= 0.6 is 0 Å². The number of hydrogen-bond acceptors (Lipinski definition) is 3. The van der Waals surface area contributed by atoms with Gasteiger partial charge in [0.25, 0.3) is 0 Å². The SMILES string of the molecule is Cc1cccc(-c2ccc(OCc3ccccc3)nc2OCc2ccccc2)c1. The molecule has 0 saturated heterocycles. The van der Waals surface area contributed by atoms with Crippen LogP contribution in [0, 0.1) is 6.92 Å². The molecule has 144 valence electrons. The average molecular weight is 381 g/mol. The third-order valence-corrected chi connectivity index (χ3v) is 4.61. The Labute approximate surface area is 171 Å². The van der Waals surface area contributed by atoms with Crippen LogP contribution in [-0.4, -0.2) is 4.98 Å². The molecule has 0 aliphatic carbocycles. The topological polar surface area (TPSA) is 31.4 Å². The fraction of sp³-hybridized carbons (Fsp3) is 0.115. The summed E-state index contributed by atoms with van der Waals surface area (Å²) in [5.41, 5.74) is 5.43. The summed E-state index contributed by atoms with van der Waals surface area (Å²) in [5, 5.41) is 0. The molecule has 29 heavy (non-hydrogen) atoms. The van der Waals surface area contributed by atoms with E-state index in [-0.39, 0.29) is 0 Å². The van der Waals surface area contributed by atoms with Crippen LogP contribution in [0.25, 0.3) is 11.1 Å². The monoisotopic (exact) mass is 381 g/mol. The molecule has 0 unspecified atom stereocenters. The predicted molar refractivity (Wildman–Crippen MR) is 116 cm³/mol. The first kappa shape index (κ1) is 18.8. The van der Waals surface area contributed by atoms with Crippen LogP contribution in [0.1, 0.15) is 16.7 Å². The number of hydrogen-bond donors (Lipinski definition) is 0. The second-order valence-corrected chi connectivity index (χ2v) is 6.92. The third-order valence-electron chi connectivity index (χ3n) is 4.61. The van der Waals surface area contributed by atoms with Crippen molar-refractivity contribution >= 4 is 0 Å². The molecule has 3 nitrogen and oxygen atoms in total. The molecule has 0 aliphatic heterocycles. The zero-order chi connectivity index (χ0) is 19.9. The second-order valence-electron chi connectivity index (χ2n) is 6.92. The van der Waals surface area contributed by atoms with E-state index >= 15 is 0 Å². The fourth-order valence-corrected chi connectivity index (χ4v) is 3.10. The van der Waals surface area contributed by atoms with E-state index in [0.717, 1.165) is 22.3 Å². The van der Waals surface area contributed by atoms with E-state index in [9.17, 15) is 0 Å². The molecule has 0 aliphatic rings. The minimum absolute atomic E-state index is 0.453. The predicted octanol–water partition coefficient (Wildman–Crippen LogP) is 6.22. The van der Waals surface area contributed by atoms with Crippen molar-refractivity contribution in [3.05, 3.63) is 114 Å². The summed E-state index contributed by atoms with van der Waals surface area (Å²) in [6, 6.07) is 32.4. The zero-order valence-electron chi connectivity index (χ0n) is 16.4. The Morgan fingerprint density at radius 2 is 1.31 bits per heavy atom. The van der Waals surface area contributed by atoms with Crippen LogP contribution in [0.2, 0.25) is 0 Å². The van der Waals surface area contributed by atoms with E-state index < -0.39 is 0 Å². The van der Waals surface area contributed by atoms with Gasteiger partial charge in [-0.15, -0.1) is 0 Å². The van der Waals surface area contributed by atoms with Gasteiger partial charge >= 0.3 is 0 Å². The van der Waals surface area contributed by atoms with Gasteiger partial charge in [0.1, 0.15) is 13.2 Å². The van der Waals surface area contributed by atoms with E-state index in [0.29, 0.717) is 25.0 Å². The Bertz CT molecular complexity index is 1060. The molecule has 0 saturated carbocycles. The lowest BCUT2D eigenvalue weighted by atomic mass is 10.0. The van der Waals surface area contributed by atoms with Crippen molar-refractivity contribution in [1.82, 2.24) is 4.98 Å². The number of rotatable bonds is 7. The van der Waals surface area contributed by atoms with Gasteiger partial charge in [-0.25, -0.2) is 0 Å².